The first kappa shape index (κ1) is 20.3. The summed E-state index contributed by atoms with van der Waals surface area (Å²) in [5.41, 5.74) is -1.66. The summed E-state index contributed by atoms with van der Waals surface area (Å²) in [5.74, 6) is -2.84. The van der Waals surface area contributed by atoms with Crippen LogP contribution < -0.4 is 29.6 Å². The number of unbranched alkanes of at least 4 members (excludes halogenated alkanes) is 4. The summed E-state index contributed by atoms with van der Waals surface area (Å²) in [4.78, 5) is 22.1. The van der Waals surface area contributed by atoms with Crippen LogP contribution in [0.25, 0.3) is 0 Å². The fraction of sp³-hybridized carbons (Fsp3) is 0.846. The summed E-state index contributed by atoms with van der Waals surface area (Å²) in [6, 6.07) is 0. The van der Waals surface area contributed by atoms with Crippen molar-refractivity contribution in [3.63, 3.8) is 0 Å². The van der Waals surface area contributed by atoms with Gasteiger partial charge in [0.1, 0.15) is 0 Å². The monoisotopic (exact) mass is 268 g/mol. The van der Waals surface area contributed by atoms with Crippen molar-refractivity contribution in [1.29, 1.82) is 0 Å². The minimum atomic E-state index is -1.66. The van der Waals surface area contributed by atoms with Crippen LogP contribution in [0.1, 0.15) is 60.7 Å². The zero-order valence-corrected chi connectivity index (χ0v) is 14.0. The van der Waals surface area contributed by atoms with E-state index in [-0.39, 0.29) is 36.9 Å². The molecule has 0 spiro atoms. The van der Waals surface area contributed by atoms with Crippen molar-refractivity contribution in [1.82, 2.24) is 0 Å². The Morgan fingerprint density at radius 1 is 1.11 bits per heavy atom. The largest absolute Gasteiger partial charge is 1.00 e. The number of carbonyl (C=O) groups is 2. The Morgan fingerprint density at radius 2 is 1.56 bits per heavy atom. The number of carboxylic acid groups (broad SMARTS) is 2. The Kier molecular flexibility index (Phi) is 11.0. The van der Waals surface area contributed by atoms with E-state index >= 15 is 0 Å². The summed E-state index contributed by atoms with van der Waals surface area (Å²) in [5, 5.41) is 18.1. The van der Waals surface area contributed by atoms with Crippen molar-refractivity contribution < 1.29 is 50.8 Å². The molecule has 0 aliphatic carbocycles. The Bertz CT molecular complexity index is 257. The van der Waals surface area contributed by atoms with Gasteiger partial charge in [0.15, 0.2) is 5.41 Å². The normalized spacial score (nSPS) is 12.6. The van der Waals surface area contributed by atoms with E-state index in [1.54, 1.807) is 6.92 Å². The molecule has 0 saturated carbocycles. The van der Waals surface area contributed by atoms with E-state index in [0.717, 1.165) is 25.7 Å². The molecule has 1 unspecified atom stereocenters. The van der Waals surface area contributed by atoms with Gasteiger partial charge in [-0.3, -0.25) is 9.59 Å². The average Bonchev–Trinajstić information content (AvgIpc) is 2.26. The molecule has 102 valence electrons. The van der Waals surface area contributed by atoms with Gasteiger partial charge in [0.2, 0.25) is 0 Å². The third kappa shape index (κ3) is 5.72. The van der Waals surface area contributed by atoms with E-state index in [2.05, 4.69) is 6.92 Å². The Hall–Kier alpha value is -0.0600. The molecule has 1 atom stereocenters. The van der Waals surface area contributed by atoms with Crippen LogP contribution in [-0.4, -0.2) is 22.2 Å². The van der Waals surface area contributed by atoms with Gasteiger partial charge < -0.3 is 11.6 Å². The van der Waals surface area contributed by atoms with E-state index in [4.69, 9.17) is 10.2 Å². The summed E-state index contributed by atoms with van der Waals surface area (Å²) in [6.07, 6.45) is 6.09. The van der Waals surface area contributed by atoms with Gasteiger partial charge in [0, 0.05) is 0 Å². The summed E-state index contributed by atoms with van der Waals surface area (Å²) in [7, 11) is 0. The van der Waals surface area contributed by atoms with Crippen LogP contribution in [0.4, 0.5) is 0 Å². The smallest absolute Gasteiger partial charge is 1.00 e. The molecule has 18 heavy (non-hydrogen) atoms. The van der Waals surface area contributed by atoms with Crippen LogP contribution in [0, 0.1) is 11.3 Å². The van der Waals surface area contributed by atoms with Crippen molar-refractivity contribution in [2.75, 3.05) is 0 Å². The van der Waals surface area contributed by atoms with Crippen LogP contribution in [0.3, 0.4) is 0 Å². The Labute approximate surface area is 133 Å². The summed E-state index contributed by atoms with van der Waals surface area (Å²) >= 11 is 0. The van der Waals surface area contributed by atoms with Gasteiger partial charge >= 0.3 is 41.5 Å². The predicted molar refractivity (Wildman–Crippen MR) is 67.0 cm³/mol. The zero-order chi connectivity index (χ0) is 13.5. The van der Waals surface area contributed by atoms with Crippen LogP contribution in [-0.2, 0) is 9.59 Å². The fourth-order valence-electron chi connectivity index (χ4n) is 1.86. The SMILES string of the molecule is CCCCCCCC(C)C(C)(C(=O)O)C(=O)O.[H-].[Na+]. The maximum Gasteiger partial charge on any atom is 1.00 e. The molecular formula is C13H25NaO4. The maximum atomic E-state index is 11.1. The third-order valence-corrected chi connectivity index (χ3v) is 3.61. The van der Waals surface area contributed by atoms with Crippen molar-refractivity contribution in [2.45, 2.75) is 59.3 Å². The van der Waals surface area contributed by atoms with Gasteiger partial charge in [-0.1, -0.05) is 46.0 Å². The fourth-order valence-corrected chi connectivity index (χ4v) is 1.86. The second-order valence-corrected chi connectivity index (χ2v) is 4.92. The topological polar surface area (TPSA) is 74.6 Å². The molecule has 0 aromatic carbocycles. The Balaban J connectivity index is -0.00000128. The molecule has 0 aromatic rings. The molecule has 5 heteroatoms. The third-order valence-electron chi connectivity index (χ3n) is 3.61. The molecular weight excluding hydrogens is 243 g/mol. The molecule has 0 bridgehead atoms. The van der Waals surface area contributed by atoms with Crippen LogP contribution >= 0.6 is 0 Å². The second kappa shape index (κ2) is 9.82. The molecule has 0 amide bonds. The van der Waals surface area contributed by atoms with E-state index in [1.807, 2.05) is 0 Å². The molecule has 0 radical (unpaired) electrons. The predicted octanol–water partition coefficient (Wildman–Crippen LogP) is 0.275. The molecule has 0 aromatic heterocycles. The molecule has 0 fully saturated rings. The van der Waals surface area contributed by atoms with Gasteiger partial charge in [-0.25, -0.2) is 0 Å². The first-order valence-electron chi connectivity index (χ1n) is 6.34. The van der Waals surface area contributed by atoms with E-state index in [9.17, 15) is 9.59 Å². The first-order valence-corrected chi connectivity index (χ1v) is 6.34. The van der Waals surface area contributed by atoms with Gasteiger partial charge in [-0.05, 0) is 19.3 Å². The minimum Gasteiger partial charge on any atom is -1.00 e. The molecule has 0 saturated heterocycles. The summed E-state index contributed by atoms with van der Waals surface area (Å²) in [6.45, 7) is 5.14. The van der Waals surface area contributed by atoms with Crippen molar-refractivity contribution in [2.24, 2.45) is 11.3 Å². The number of hydrogen-bond donors (Lipinski definition) is 2. The van der Waals surface area contributed by atoms with Gasteiger partial charge in [0.05, 0.1) is 0 Å². The van der Waals surface area contributed by atoms with E-state index in [1.165, 1.54) is 13.3 Å². The van der Waals surface area contributed by atoms with Crippen LogP contribution in [0.2, 0.25) is 0 Å². The van der Waals surface area contributed by atoms with Gasteiger partial charge in [-0.15, -0.1) is 0 Å². The Morgan fingerprint density at radius 3 is 1.94 bits per heavy atom. The van der Waals surface area contributed by atoms with E-state index < -0.39 is 17.4 Å². The standard InChI is InChI=1S/C13H24O4.Na.H/c1-4-5-6-7-8-9-10(2)13(3,11(14)15)12(16)17;;/h10H,4-9H2,1-3H3,(H,14,15)(H,16,17);;/q;+1;-1. The summed E-state index contributed by atoms with van der Waals surface area (Å²) < 4.78 is 0. The van der Waals surface area contributed by atoms with Crippen molar-refractivity contribution in [3.8, 4) is 0 Å². The average molecular weight is 268 g/mol. The van der Waals surface area contributed by atoms with Crippen molar-refractivity contribution >= 4 is 11.9 Å². The maximum absolute atomic E-state index is 11.1. The molecule has 4 nitrogen and oxygen atoms in total. The quantitative estimate of drug-likeness (QED) is 0.358. The number of rotatable bonds is 9. The molecule has 0 aliphatic heterocycles. The first-order chi connectivity index (χ1) is 7.87. The van der Waals surface area contributed by atoms with Gasteiger partial charge in [0.25, 0.3) is 0 Å². The number of hydrogen-bond acceptors (Lipinski definition) is 2. The molecule has 0 rings (SSSR count). The molecule has 2 N–H and O–H groups in total. The molecule has 0 heterocycles. The van der Waals surface area contributed by atoms with E-state index in [0.29, 0.717) is 6.42 Å². The molecule has 0 aliphatic rings. The van der Waals surface area contributed by atoms with Gasteiger partial charge in [-0.2, -0.15) is 0 Å². The second-order valence-electron chi connectivity index (χ2n) is 4.92. The van der Waals surface area contributed by atoms with Crippen LogP contribution in [0.5, 0.6) is 0 Å². The van der Waals surface area contributed by atoms with Crippen LogP contribution in [0.15, 0.2) is 0 Å². The number of carboxylic acids is 2. The zero-order valence-electron chi connectivity index (χ0n) is 13.0. The minimum absolute atomic E-state index is 0. The van der Waals surface area contributed by atoms with Crippen molar-refractivity contribution in [3.05, 3.63) is 0 Å². The number of aliphatic carboxylic acids is 2.